The number of benzene rings is 4. The van der Waals surface area contributed by atoms with Crippen molar-refractivity contribution in [1.29, 1.82) is 0 Å². The van der Waals surface area contributed by atoms with Crippen molar-refractivity contribution in [2.45, 2.75) is 38.5 Å². The fourth-order valence-corrected chi connectivity index (χ4v) is 9.81. The summed E-state index contributed by atoms with van der Waals surface area (Å²) < 4.78 is 170. The van der Waals surface area contributed by atoms with Crippen LogP contribution in [0.4, 0.5) is 64.1 Å². The maximum atomic E-state index is 13.0. The minimum Gasteiger partial charge on any atom is -0.405 e. The summed E-state index contributed by atoms with van der Waals surface area (Å²) in [6.07, 6.45) is -15.1. The molecule has 0 bridgehead atoms. The van der Waals surface area contributed by atoms with Gasteiger partial charge in [0.15, 0.2) is 17.2 Å². The Hall–Kier alpha value is -7.31. The average Bonchev–Trinajstić information content (AvgIpc) is 1.66. The highest BCUT2D eigenvalue weighted by Crippen LogP contribution is 2.36. The highest BCUT2D eigenvalue weighted by atomic mass is 127. The van der Waals surface area contributed by atoms with Crippen LogP contribution in [0.1, 0.15) is 30.7 Å². The SMILES string of the molecule is Nc1ccc(I)cc1OC(F)(F)F.O=C(NCc1cn(-c2ccc(-n3ccccc3=O)cc2OC(F)(F)F)nn1)c1ccc(Cl)s1.O=C(NCc1cn(-c2ccc(I)cc2OC(F)(F)F)nn1)c1ccc(Cl)s1.[N-]=[N+]=Nc1ccc(I)cc1OC(F)(F)F. The normalized spacial score (nSPS) is 11.3. The second-order valence-electron chi connectivity index (χ2n) is 16.2. The predicted molar refractivity (Wildman–Crippen MR) is 320 cm³/mol. The third-order valence-corrected chi connectivity index (χ3v) is 14.4. The van der Waals surface area contributed by atoms with E-state index in [0.29, 0.717) is 40.5 Å². The summed E-state index contributed by atoms with van der Waals surface area (Å²) in [6.45, 7) is 0.0372. The van der Waals surface area contributed by atoms with Gasteiger partial charge in [-0.2, -0.15) is 0 Å². The summed E-state index contributed by atoms with van der Waals surface area (Å²) in [4.78, 5) is 39.4. The quantitative estimate of drug-likeness (QED) is 0.0229. The number of nitrogens with two attached hydrogens (primary N) is 1. The van der Waals surface area contributed by atoms with Crippen molar-refractivity contribution in [2.24, 2.45) is 5.11 Å². The van der Waals surface area contributed by atoms with E-state index in [1.807, 2.05) is 67.8 Å². The summed E-state index contributed by atoms with van der Waals surface area (Å²) in [6, 6.07) is 26.9. The molecule has 9 rings (SSSR count). The van der Waals surface area contributed by atoms with Crippen LogP contribution in [0.5, 0.6) is 23.0 Å². The second-order valence-corrected chi connectivity index (χ2v) is 23.4. The van der Waals surface area contributed by atoms with Gasteiger partial charge in [0.25, 0.3) is 17.4 Å². The van der Waals surface area contributed by atoms with Crippen LogP contribution in [-0.2, 0) is 13.1 Å². The Balaban J connectivity index is 0.000000200. The van der Waals surface area contributed by atoms with E-state index in [0.717, 1.165) is 44.2 Å². The predicted octanol–water partition coefficient (Wildman–Crippen LogP) is 15.3. The molecule has 0 fully saturated rings. The maximum Gasteiger partial charge on any atom is 0.573 e. The maximum absolute atomic E-state index is 13.0. The largest absolute Gasteiger partial charge is 0.573 e. The number of halogens is 17. The monoisotopic (exact) mass is 1650 g/mol. The number of hydrogen-bond acceptors (Lipinski definition) is 15. The first-order valence-corrected chi connectivity index (χ1v) is 28.8. The summed E-state index contributed by atoms with van der Waals surface area (Å²) in [5.41, 5.74) is 13.6. The van der Waals surface area contributed by atoms with Gasteiger partial charge in [0, 0.05) is 34.0 Å². The van der Waals surface area contributed by atoms with Gasteiger partial charge in [-0.1, -0.05) is 44.8 Å². The molecule has 39 heteroatoms. The number of rotatable bonds is 14. The Morgan fingerprint density at radius 1 is 0.591 bits per heavy atom. The number of aromatic nitrogens is 7. The van der Waals surface area contributed by atoms with E-state index >= 15 is 0 Å². The molecule has 0 saturated carbocycles. The minimum absolute atomic E-state index is 0.0126. The lowest BCUT2D eigenvalue weighted by atomic mass is 10.2. The molecule has 9 aromatic rings. The fourth-order valence-electron chi connectivity index (χ4n) is 6.50. The molecule has 20 nitrogen and oxygen atoms in total. The molecular weight excluding hydrogens is 1630 g/mol. The first-order chi connectivity index (χ1) is 41.2. The number of ether oxygens (including phenoxy) is 4. The summed E-state index contributed by atoms with van der Waals surface area (Å²) in [5.74, 6) is -2.56. The number of nitrogen functional groups attached to an aromatic ring is 1. The topological polar surface area (TPSA) is 253 Å². The smallest absolute Gasteiger partial charge is 0.405 e. The molecule has 0 aliphatic rings. The van der Waals surface area contributed by atoms with Gasteiger partial charge in [0.1, 0.15) is 28.5 Å². The van der Waals surface area contributed by atoms with Crippen molar-refractivity contribution in [3.05, 3.63) is 195 Å². The Bertz CT molecular complexity index is 4010. The first kappa shape index (κ1) is 69.8. The van der Waals surface area contributed by atoms with E-state index in [4.69, 9.17) is 34.5 Å². The Labute approximate surface area is 543 Å². The van der Waals surface area contributed by atoms with Crippen LogP contribution in [0.2, 0.25) is 8.67 Å². The number of carbonyl (C=O) groups excluding carboxylic acids is 2. The highest BCUT2D eigenvalue weighted by Gasteiger charge is 2.35. The molecule has 2 amide bonds. The molecule has 0 aliphatic heterocycles. The van der Waals surface area contributed by atoms with E-state index in [9.17, 15) is 67.1 Å². The Kier molecular flexibility index (Phi) is 24.4. The van der Waals surface area contributed by atoms with Crippen molar-refractivity contribution < 1.29 is 81.2 Å². The number of amides is 2. The molecule has 88 heavy (non-hydrogen) atoms. The second kappa shape index (κ2) is 30.7. The van der Waals surface area contributed by atoms with Crippen molar-refractivity contribution in [3.63, 3.8) is 0 Å². The molecule has 4 aromatic carbocycles. The number of thiophene rings is 2. The zero-order valence-corrected chi connectivity index (χ0v) is 52.4. The molecule has 0 unspecified atom stereocenters. The van der Waals surface area contributed by atoms with E-state index in [2.05, 4.69) is 60.2 Å². The lowest BCUT2D eigenvalue weighted by molar-refractivity contribution is -0.275. The van der Waals surface area contributed by atoms with Gasteiger partial charge in [-0.25, -0.2) is 9.36 Å². The molecular formula is C49H30Cl2F12I3N13O7S2. The number of azide groups is 1. The summed E-state index contributed by atoms with van der Waals surface area (Å²) in [5, 5.41) is 23.7. The first-order valence-electron chi connectivity index (χ1n) is 23.2. The van der Waals surface area contributed by atoms with Gasteiger partial charge in [-0.3, -0.25) is 19.0 Å². The van der Waals surface area contributed by atoms with Crippen molar-refractivity contribution in [1.82, 2.24) is 45.2 Å². The lowest BCUT2D eigenvalue weighted by Gasteiger charge is -2.15. The number of nitrogens with one attached hydrogen (secondary N) is 2. The Morgan fingerprint density at radius 2 is 1.02 bits per heavy atom. The van der Waals surface area contributed by atoms with Crippen LogP contribution in [0, 0.1) is 10.7 Å². The number of carbonyl (C=O) groups is 2. The van der Waals surface area contributed by atoms with Crippen LogP contribution in [-0.4, -0.2) is 71.8 Å². The van der Waals surface area contributed by atoms with E-state index in [1.165, 1.54) is 83.8 Å². The van der Waals surface area contributed by atoms with Crippen molar-refractivity contribution in [3.8, 4) is 40.1 Å². The average molecular weight is 1660 g/mol. The summed E-state index contributed by atoms with van der Waals surface area (Å²) in [7, 11) is 0. The van der Waals surface area contributed by atoms with Gasteiger partial charge in [0.2, 0.25) is 0 Å². The molecule has 0 spiro atoms. The minimum atomic E-state index is -4.98. The number of pyridine rings is 1. The van der Waals surface area contributed by atoms with E-state index in [-0.39, 0.29) is 59.1 Å². The fraction of sp³-hybridized carbons (Fsp3) is 0.122. The highest BCUT2D eigenvalue weighted by molar-refractivity contribution is 14.1. The zero-order valence-electron chi connectivity index (χ0n) is 42.8. The number of anilines is 1. The Morgan fingerprint density at radius 3 is 1.49 bits per heavy atom. The molecule has 0 saturated heterocycles. The van der Waals surface area contributed by atoms with Gasteiger partial charge < -0.3 is 35.3 Å². The third kappa shape index (κ3) is 22.7. The lowest BCUT2D eigenvalue weighted by Crippen LogP contribution is -2.22. The van der Waals surface area contributed by atoms with Gasteiger partial charge >= 0.3 is 25.4 Å². The molecule has 5 heterocycles. The van der Waals surface area contributed by atoms with Gasteiger partial charge in [-0.05, 0) is 170 Å². The van der Waals surface area contributed by atoms with Crippen molar-refractivity contribution >= 4 is 137 Å². The molecule has 4 N–H and O–H groups in total. The third-order valence-electron chi connectivity index (χ3n) is 9.95. The van der Waals surface area contributed by atoms with Crippen LogP contribution in [0.3, 0.4) is 0 Å². The molecule has 5 aromatic heterocycles. The standard InChI is InChI=1S/C20H13ClF3N5O3S.C15H9ClF3IN4O2S.C7H3F3IN3O.C7H5F3INO/c21-17-7-6-16(33-17)19(31)25-10-12-11-29(27-26-12)14-5-4-13(9-15(14)32-20(22,23)24)28-8-2-1-3-18(28)30;16-13-4-3-12(27-13)14(25)21-6-9-7-24(23-22-9)10-2-1-8(20)5-11(10)26-15(17,18)19;8-7(9,10)15-6-3-4(11)1-2-5(6)13-14-12;8-7(9,10)13-6-3-4(11)1-2-5(6)12/h1-9,11H,10H2,(H,25,31);1-5,7H,6H2,(H,21,25);1-3H;1-3H,12H2. The number of hydrogen-bond donors (Lipinski definition) is 3. The van der Waals surface area contributed by atoms with E-state index < -0.39 is 48.3 Å². The van der Waals surface area contributed by atoms with Crippen LogP contribution in [0.25, 0.3) is 27.5 Å². The van der Waals surface area contributed by atoms with Crippen LogP contribution < -0.4 is 40.9 Å². The number of alkyl halides is 12. The number of nitrogens with zero attached hydrogens (tertiary/aromatic N) is 10. The molecule has 0 atom stereocenters. The van der Waals surface area contributed by atoms with Crippen LogP contribution in [0.15, 0.2) is 144 Å². The summed E-state index contributed by atoms with van der Waals surface area (Å²) >= 11 is 19.4. The van der Waals surface area contributed by atoms with Crippen molar-refractivity contribution in [2.75, 3.05) is 5.73 Å². The zero-order chi connectivity index (χ0) is 64.7. The molecule has 0 radical (unpaired) electrons. The molecule has 0 aliphatic carbocycles. The van der Waals surface area contributed by atoms with Crippen LogP contribution >= 0.6 is 114 Å². The van der Waals surface area contributed by atoms with Gasteiger partial charge in [-0.15, -0.1) is 85.6 Å². The molecule has 464 valence electrons. The van der Waals surface area contributed by atoms with Gasteiger partial charge in [0.05, 0.1) is 61.0 Å². The van der Waals surface area contributed by atoms with E-state index in [1.54, 1.807) is 42.5 Å².